The van der Waals surface area contributed by atoms with E-state index in [-0.39, 0.29) is 31.7 Å². The van der Waals surface area contributed by atoms with Crippen molar-refractivity contribution in [1.82, 2.24) is 0 Å². The van der Waals surface area contributed by atoms with E-state index in [1.54, 1.807) is 13.8 Å². The lowest BCUT2D eigenvalue weighted by molar-refractivity contribution is -0.148. The van der Waals surface area contributed by atoms with Crippen LogP contribution in [0.4, 0.5) is 0 Å². The van der Waals surface area contributed by atoms with Crippen molar-refractivity contribution in [1.29, 1.82) is 0 Å². The molecule has 32 heavy (non-hydrogen) atoms. The molecule has 0 aromatic heterocycles. The molecule has 4 heteroatoms. The molecule has 0 atom stereocenters. The summed E-state index contributed by atoms with van der Waals surface area (Å²) < 4.78 is 11.0. The maximum Gasteiger partial charge on any atom is 0.308 e. The molecule has 3 rings (SSSR count). The Morgan fingerprint density at radius 2 is 1.56 bits per heavy atom. The fourth-order valence-electron chi connectivity index (χ4n) is 3.54. The van der Waals surface area contributed by atoms with Gasteiger partial charge in [-0.1, -0.05) is 80.9 Å². The summed E-state index contributed by atoms with van der Waals surface area (Å²) >= 11 is 0. The van der Waals surface area contributed by atoms with Crippen LogP contribution in [0.5, 0.6) is 5.75 Å². The zero-order valence-electron chi connectivity index (χ0n) is 19.4. The van der Waals surface area contributed by atoms with Crippen molar-refractivity contribution < 1.29 is 19.4 Å². The Kier molecular flexibility index (Phi) is 8.07. The number of benzene rings is 3. The Hall–Kier alpha value is -3.11. The van der Waals surface area contributed by atoms with Gasteiger partial charge in [-0.2, -0.15) is 0 Å². The summed E-state index contributed by atoms with van der Waals surface area (Å²) in [6.45, 7) is 8.14. The second kappa shape index (κ2) is 11.0. The maximum absolute atomic E-state index is 11.6. The van der Waals surface area contributed by atoms with Crippen LogP contribution in [0.3, 0.4) is 0 Å². The number of aliphatic hydroxyl groups excluding tert-OH is 1. The highest BCUT2D eigenvalue weighted by molar-refractivity contribution is 5.75. The van der Waals surface area contributed by atoms with Crippen molar-refractivity contribution >= 4 is 5.97 Å². The number of hydrogen-bond donors (Lipinski definition) is 1. The van der Waals surface area contributed by atoms with Gasteiger partial charge in [0.1, 0.15) is 19.0 Å². The topological polar surface area (TPSA) is 55.8 Å². The zero-order valence-corrected chi connectivity index (χ0v) is 19.4. The molecule has 0 heterocycles. The second-order valence-electron chi connectivity index (χ2n) is 8.24. The Balaban J connectivity index is 1.83. The van der Waals surface area contributed by atoms with Crippen molar-refractivity contribution in [2.24, 2.45) is 5.92 Å². The number of hydrogen-bond acceptors (Lipinski definition) is 4. The van der Waals surface area contributed by atoms with Crippen molar-refractivity contribution in [3.8, 4) is 28.0 Å². The molecule has 3 aromatic carbocycles. The molecule has 0 spiro atoms. The van der Waals surface area contributed by atoms with Crippen molar-refractivity contribution in [3.05, 3.63) is 77.4 Å². The van der Waals surface area contributed by atoms with Crippen LogP contribution in [-0.4, -0.2) is 24.3 Å². The highest BCUT2D eigenvalue weighted by atomic mass is 16.6. The van der Waals surface area contributed by atoms with Gasteiger partial charge in [0.15, 0.2) is 0 Å². The van der Waals surface area contributed by atoms with E-state index in [1.807, 2.05) is 18.2 Å². The number of esters is 1. The summed E-state index contributed by atoms with van der Waals surface area (Å²) in [6.07, 6.45) is 0.901. The largest absolute Gasteiger partial charge is 0.490 e. The first kappa shape index (κ1) is 23.6. The molecule has 168 valence electrons. The Morgan fingerprint density at radius 3 is 2.22 bits per heavy atom. The van der Waals surface area contributed by atoms with E-state index < -0.39 is 0 Å². The normalized spacial score (nSPS) is 10.9. The molecule has 0 aliphatic carbocycles. The van der Waals surface area contributed by atoms with Gasteiger partial charge in [-0.25, -0.2) is 0 Å². The predicted octanol–water partition coefficient (Wildman–Crippen LogP) is 5.96. The summed E-state index contributed by atoms with van der Waals surface area (Å²) in [5, 5.41) is 9.71. The molecule has 0 fully saturated rings. The van der Waals surface area contributed by atoms with Crippen molar-refractivity contribution in [3.63, 3.8) is 0 Å². The lowest BCUT2D eigenvalue weighted by Crippen LogP contribution is -2.16. The molecule has 0 aliphatic rings. The van der Waals surface area contributed by atoms with Gasteiger partial charge in [0, 0.05) is 5.56 Å². The summed E-state index contributed by atoms with van der Waals surface area (Å²) in [5.74, 6) is 0.197. The van der Waals surface area contributed by atoms with Crippen LogP contribution < -0.4 is 4.74 Å². The molecule has 0 aliphatic heterocycles. The first-order valence-electron chi connectivity index (χ1n) is 11.2. The van der Waals surface area contributed by atoms with Crippen LogP contribution in [0.25, 0.3) is 22.3 Å². The van der Waals surface area contributed by atoms with Crippen molar-refractivity contribution in [2.45, 2.75) is 40.7 Å². The van der Waals surface area contributed by atoms with Crippen LogP contribution in [0, 0.1) is 12.8 Å². The molecule has 0 bridgehead atoms. The fraction of sp³-hybridized carbons (Fsp3) is 0.321. The summed E-state index contributed by atoms with van der Waals surface area (Å²) in [4.78, 5) is 11.6. The number of rotatable bonds is 9. The van der Waals surface area contributed by atoms with E-state index in [4.69, 9.17) is 9.47 Å². The number of aliphatic hydroxyl groups is 1. The van der Waals surface area contributed by atoms with Gasteiger partial charge < -0.3 is 14.6 Å². The van der Waals surface area contributed by atoms with E-state index in [1.165, 1.54) is 22.3 Å². The molecule has 0 saturated carbocycles. The first-order valence-corrected chi connectivity index (χ1v) is 11.2. The first-order chi connectivity index (χ1) is 15.4. The molecule has 3 aromatic rings. The van der Waals surface area contributed by atoms with E-state index in [9.17, 15) is 9.90 Å². The van der Waals surface area contributed by atoms with Gasteiger partial charge >= 0.3 is 5.97 Å². The average molecular weight is 433 g/mol. The lowest BCUT2D eigenvalue weighted by atomic mass is 9.93. The van der Waals surface area contributed by atoms with Gasteiger partial charge in [0.25, 0.3) is 0 Å². The third-order valence-corrected chi connectivity index (χ3v) is 5.48. The smallest absolute Gasteiger partial charge is 0.308 e. The zero-order chi connectivity index (χ0) is 23.1. The minimum absolute atomic E-state index is 0.117. The van der Waals surface area contributed by atoms with Gasteiger partial charge in [-0.15, -0.1) is 0 Å². The number of ether oxygens (including phenoxy) is 2. The summed E-state index contributed by atoms with van der Waals surface area (Å²) in [6, 6.07) is 20.9. The van der Waals surface area contributed by atoms with E-state index in [2.05, 4.69) is 56.3 Å². The monoisotopic (exact) mass is 432 g/mol. The van der Waals surface area contributed by atoms with Crippen LogP contribution >= 0.6 is 0 Å². The van der Waals surface area contributed by atoms with Gasteiger partial charge in [0.2, 0.25) is 0 Å². The van der Waals surface area contributed by atoms with Crippen LogP contribution in [-0.2, 0) is 22.6 Å². The lowest BCUT2D eigenvalue weighted by Gasteiger charge is -2.15. The third-order valence-electron chi connectivity index (χ3n) is 5.48. The molecular formula is C28H32O4. The number of carbonyl (C=O) groups is 1. The van der Waals surface area contributed by atoms with Crippen LogP contribution in [0.1, 0.15) is 37.5 Å². The minimum Gasteiger partial charge on any atom is -0.490 e. The van der Waals surface area contributed by atoms with Gasteiger partial charge in [-0.05, 0) is 47.2 Å². The number of aryl methyl sites for hydroxylation is 2. The Bertz CT molecular complexity index is 1050. The molecular weight excluding hydrogens is 400 g/mol. The highest BCUT2D eigenvalue weighted by Gasteiger charge is 2.12. The van der Waals surface area contributed by atoms with Gasteiger partial charge in [0.05, 0.1) is 12.5 Å². The van der Waals surface area contributed by atoms with E-state index in [0.29, 0.717) is 11.3 Å². The minimum atomic E-state index is -0.244. The molecule has 1 N–H and O–H groups in total. The quantitative estimate of drug-likeness (QED) is 0.335. The summed E-state index contributed by atoms with van der Waals surface area (Å²) in [5.41, 5.74) is 7.77. The SMILES string of the molecule is CCc1cc(-c2ccc(C)cc2)ccc1-c1ccc(CO)c(OCCOC(=O)C(C)C)c1. The van der Waals surface area contributed by atoms with Crippen LogP contribution in [0.15, 0.2) is 60.7 Å². The second-order valence-corrected chi connectivity index (χ2v) is 8.24. The van der Waals surface area contributed by atoms with E-state index >= 15 is 0 Å². The van der Waals surface area contributed by atoms with E-state index in [0.717, 1.165) is 17.5 Å². The molecule has 0 unspecified atom stereocenters. The predicted molar refractivity (Wildman–Crippen MR) is 129 cm³/mol. The summed E-state index contributed by atoms with van der Waals surface area (Å²) in [7, 11) is 0. The third kappa shape index (κ3) is 5.77. The molecule has 4 nitrogen and oxygen atoms in total. The Morgan fingerprint density at radius 1 is 0.875 bits per heavy atom. The van der Waals surface area contributed by atoms with Gasteiger partial charge in [-0.3, -0.25) is 4.79 Å². The highest BCUT2D eigenvalue weighted by Crippen LogP contribution is 2.33. The molecule has 0 amide bonds. The van der Waals surface area contributed by atoms with Crippen LogP contribution in [0.2, 0.25) is 0 Å². The fourth-order valence-corrected chi connectivity index (χ4v) is 3.54. The average Bonchev–Trinajstić information content (AvgIpc) is 2.81. The maximum atomic E-state index is 11.6. The van der Waals surface area contributed by atoms with Crippen molar-refractivity contribution in [2.75, 3.05) is 13.2 Å². The molecule has 0 radical (unpaired) electrons. The number of carbonyl (C=O) groups excluding carboxylic acids is 1. The Labute approximate surface area is 190 Å². The molecule has 0 saturated heterocycles. The standard InChI is InChI=1S/C28H32O4/c1-5-21-16-23(22-8-6-20(4)7-9-22)12-13-26(21)24-10-11-25(18-29)27(17-24)31-14-15-32-28(30)19(2)3/h6-13,16-17,19,29H,5,14-15,18H2,1-4H3.